The van der Waals surface area contributed by atoms with Crippen molar-refractivity contribution in [1.29, 1.82) is 0 Å². The molecule has 2 rings (SSSR count). The van der Waals surface area contributed by atoms with Crippen molar-refractivity contribution in [3.8, 4) is 0 Å². The van der Waals surface area contributed by atoms with Gasteiger partial charge >= 0.3 is 0 Å². The minimum absolute atomic E-state index is 0.465. The van der Waals surface area contributed by atoms with Crippen molar-refractivity contribution in [3.63, 3.8) is 0 Å². The number of halogens is 1. The Kier molecular flexibility index (Phi) is 4.34. The Hall–Kier alpha value is -0.680. The maximum atomic E-state index is 10.0. The third-order valence-corrected chi connectivity index (χ3v) is 4.26. The lowest BCUT2D eigenvalue weighted by atomic mass is 10.0. The van der Waals surface area contributed by atoms with Gasteiger partial charge in [-0.1, -0.05) is 30.3 Å². The zero-order valence-corrected chi connectivity index (χ0v) is 11.5. The molecule has 4 heteroatoms. The second kappa shape index (κ2) is 5.78. The smallest absolute Gasteiger partial charge is 0.105 e. The second-order valence-electron chi connectivity index (χ2n) is 3.86. The van der Waals surface area contributed by atoms with E-state index >= 15 is 0 Å². The van der Waals surface area contributed by atoms with Crippen LogP contribution in [0.5, 0.6) is 0 Å². The first kappa shape index (κ1) is 12.8. The van der Waals surface area contributed by atoms with Crippen LogP contribution in [0.4, 0.5) is 0 Å². The monoisotopic (exact) mass is 312 g/mol. The average Bonchev–Trinajstić information content (AvgIpc) is 2.75. The van der Waals surface area contributed by atoms with Gasteiger partial charge in [0.25, 0.3) is 0 Å². The van der Waals surface area contributed by atoms with Crippen molar-refractivity contribution >= 4 is 27.3 Å². The Morgan fingerprint density at radius 2 is 1.88 bits per heavy atom. The summed E-state index contributed by atoms with van der Waals surface area (Å²) in [5, 5.41) is 21.9. The van der Waals surface area contributed by atoms with Gasteiger partial charge in [0.05, 0.1) is 6.10 Å². The maximum absolute atomic E-state index is 10.0. The molecule has 1 aromatic carbocycles. The van der Waals surface area contributed by atoms with E-state index in [1.807, 2.05) is 41.8 Å². The van der Waals surface area contributed by atoms with Crippen LogP contribution in [0.3, 0.4) is 0 Å². The first-order valence-corrected chi connectivity index (χ1v) is 6.98. The largest absolute Gasteiger partial charge is 0.390 e. The summed E-state index contributed by atoms with van der Waals surface area (Å²) in [6.45, 7) is 0. The van der Waals surface area contributed by atoms with Gasteiger partial charge in [-0.25, -0.2) is 0 Å². The summed E-state index contributed by atoms with van der Waals surface area (Å²) in [6.07, 6.45) is -1.15. The molecule has 0 fully saturated rings. The molecule has 0 aliphatic carbocycles. The van der Waals surface area contributed by atoms with Gasteiger partial charge in [0, 0.05) is 21.2 Å². The van der Waals surface area contributed by atoms with E-state index in [1.165, 1.54) is 0 Å². The Balaban J connectivity index is 2.03. The van der Waals surface area contributed by atoms with Gasteiger partial charge in [-0.2, -0.15) is 0 Å². The third-order valence-electron chi connectivity index (χ3n) is 2.54. The summed E-state index contributed by atoms with van der Waals surface area (Å²) < 4.78 is 1.01. The Bertz CT molecular complexity index is 469. The molecule has 2 N–H and O–H groups in total. The normalized spacial score (nSPS) is 14.5. The van der Waals surface area contributed by atoms with E-state index in [0.717, 1.165) is 14.9 Å². The van der Waals surface area contributed by atoms with Crippen LogP contribution in [0.1, 0.15) is 16.5 Å². The van der Waals surface area contributed by atoms with E-state index in [9.17, 15) is 10.2 Å². The number of thiophene rings is 1. The van der Waals surface area contributed by atoms with Gasteiger partial charge in [-0.15, -0.1) is 11.3 Å². The SMILES string of the molecule is OC(Cc1cc(Br)cs1)C(O)c1ccccc1. The number of hydrogen-bond acceptors (Lipinski definition) is 3. The zero-order chi connectivity index (χ0) is 12.3. The van der Waals surface area contributed by atoms with E-state index in [0.29, 0.717) is 6.42 Å². The lowest BCUT2D eigenvalue weighted by Gasteiger charge is -2.17. The highest BCUT2D eigenvalue weighted by molar-refractivity contribution is 9.10. The molecule has 2 nitrogen and oxygen atoms in total. The molecule has 0 spiro atoms. The molecule has 0 aliphatic rings. The zero-order valence-electron chi connectivity index (χ0n) is 9.08. The first-order chi connectivity index (χ1) is 8.16. The molecule has 2 aromatic rings. The van der Waals surface area contributed by atoms with Gasteiger partial charge in [0.1, 0.15) is 6.10 Å². The number of benzene rings is 1. The average molecular weight is 313 g/mol. The molecule has 1 aromatic heterocycles. The number of aliphatic hydroxyl groups is 2. The fraction of sp³-hybridized carbons (Fsp3) is 0.231. The van der Waals surface area contributed by atoms with Crippen molar-refractivity contribution in [1.82, 2.24) is 0 Å². The van der Waals surface area contributed by atoms with Crippen LogP contribution in [-0.2, 0) is 6.42 Å². The van der Waals surface area contributed by atoms with Gasteiger partial charge in [-0.05, 0) is 27.6 Å². The molecule has 0 saturated carbocycles. The van der Waals surface area contributed by atoms with Crippen LogP contribution in [0.15, 0.2) is 46.3 Å². The summed E-state index contributed by atoms with van der Waals surface area (Å²) in [5.41, 5.74) is 0.746. The van der Waals surface area contributed by atoms with Crippen LogP contribution < -0.4 is 0 Å². The summed E-state index contributed by atoms with van der Waals surface area (Å²) in [7, 11) is 0. The molecule has 0 amide bonds. The molecule has 0 aliphatic heterocycles. The van der Waals surface area contributed by atoms with Gasteiger partial charge in [-0.3, -0.25) is 0 Å². The summed E-state index contributed by atoms with van der Waals surface area (Å²) in [5.74, 6) is 0. The number of hydrogen-bond donors (Lipinski definition) is 2. The van der Waals surface area contributed by atoms with Crippen molar-refractivity contribution in [2.24, 2.45) is 0 Å². The molecular formula is C13H13BrO2S. The molecule has 2 unspecified atom stereocenters. The topological polar surface area (TPSA) is 40.5 Å². The van der Waals surface area contributed by atoms with Gasteiger partial charge < -0.3 is 10.2 Å². The number of rotatable bonds is 4. The predicted octanol–water partition coefficient (Wildman–Crippen LogP) is 3.15. The van der Waals surface area contributed by atoms with Crippen LogP contribution >= 0.6 is 27.3 Å². The lowest BCUT2D eigenvalue weighted by Crippen LogP contribution is -2.20. The van der Waals surface area contributed by atoms with Crippen molar-refractivity contribution in [2.45, 2.75) is 18.6 Å². The van der Waals surface area contributed by atoms with Crippen LogP contribution in [0.2, 0.25) is 0 Å². The Labute approximate surface area is 113 Å². The highest BCUT2D eigenvalue weighted by atomic mass is 79.9. The Morgan fingerprint density at radius 3 is 2.47 bits per heavy atom. The molecule has 0 radical (unpaired) electrons. The minimum Gasteiger partial charge on any atom is -0.390 e. The van der Waals surface area contributed by atoms with Gasteiger partial charge in [0.2, 0.25) is 0 Å². The molecular weight excluding hydrogens is 300 g/mol. The van der Waals surface area contributed by atoms with E-state index in [4.69, 9.17) is 0 Å². The molecule has 0 saturated heterocycles. The van der Waals surface area contributed by atoms with Crippen LogP contribution in [0.25, 0.3) is 0 Å². The highest BCUT2D eigenvalue weighted by Crippen LogP contribution is 2.24. The molecule has 0 bridgehead atoms. The molecule has 90 valence electrons. The van der Waals surface area contributed by atoms with Crippen molar-refractivity contribution in [2.75, 3.05) is 0 Å². The highest BCUT2D eigenvalue weighted by Gasteiger charge is 2.19. The lowest BCUT2D eigenvalue weighted by molar-refractivity contribution is 0.0194. The molecule has 17 heavy (non-hydrogen) atoms. The van der Waals surface area contributed by atoms with Crippen molar-refractivity contribution in [3.05, 3.63) is 56.7 Å². The van der Waals surface area contributed by atoms with E-state index < -0.39 is 12.2 Å². The number of aliphatic hydroxyl groups excluding tert-OH is 2. The standard InChI is InChI=1S/C13H13BrO2S/c14-10-6-11(17-8-10)7-12(15)13(16)9-4-2-1-3-5-9/h1-6,8,12-13,15-16H,7H2. The quantitative estimate of drug-likeness (QED) is 0.910. The predicted molar refractivity (Wildman–Crippen MR) is 73.1 cm³/mol. The van der Waals surface area contributed by atoms with Gasteiger partial charge in [0.15, 0.2) is 0 Å². The van der Waals surface area contributed by atoms with E-state index in [1.54, 1.807) is 11.3 Å². The maximum Gasteiger partial charge on any atom is 0.105 e. The molecule has 1 heterocycles. The van der Waals surface area contributed by atoms with E-state index in [2.05, 4.69) is 15.9 Å². The van der Waals surface area contributed by atoms with Crippen LogP contribution in [0, 0.1) is 0 Å². The second-order valence-corrected chi connectivity index (χ2v) is 5.77. The fourth-order valence-corrected chi connectivity index (χ4v) is 3.15. The first-order valence-electron chi connectivity index (χ1n) is 5.31. The van der Waals surface area contributed by atoms with Crippen LogP contribution in [-0.4, -0.2) is 16.3 Å². The fourth-order valence-electron chi connectivity index (χ4n) is 1.65. The minimum atomic E-state index is -0.836. The summed E-state index contributed by atoms with van der Waals surface area (Å²) in [6, 6.07) is 11.2. The third kappa shape index (κ3) is 3.39. The Morgan fingerprint density at radius 1 is 1.18 bits per heavy atom. The van der Waals surface area contributed by atoms with E-state index in [-0.39, 0.29) is 0 Å². The van der Waals surface area contributed by atoms with Crippen molar-refractivity contribution < 1.29 is 10.2 Å². The summed E-state index contributed by atoms with van der Waals surface area (Å²) >= 11 is 4.94. The summed E-state index contributed by atoms with van der Waals surface area (Å²) in [4.78, 5) is 1.05. The molecule has 2 atom stereocenters.